The molecule has 1 fully saturated rings. The molecule has 3 aromatic rings. The molecule has 0 saturated carbocycles. The van der Waals surface area contributed by atoms with Crippen molar-refractivity contribution in [2.45, 2.75) is 19.8 Å². The molecular formula is C20H20N4O2. The first-order valence-electron chi connectivity index (χ1n) is 8.79. The number of hydrogen-bond acceptors (Lipinski definition) is 3. The van der Waals surface area contributed by atoms with Crippen molar-refractivity contribution in [3.8, 4) is 0 Å². The van der Waals surface area contributed by atoms with Crippen LogP contribution in [0.4, 0.5) is 11.6 Å². The number of carbonyl (C=O) groups excluding carboxylic acids is 2. The number of amides is 2. The number of para-hydroxylation sites is 2. The van der Waals surface area contributed by atoms with Gasteiger partial charge in [-0.2, -0.15) is 0 Å². The number of benzene rings is 2. The summed E-state index contributed by atoms with van der Waals surface area (Å²) in [5, 5.41) is 2.80. The van der Waals surface area contributed by atoms with Gasteiger partial charge in [-0.25, -0.2) is 4.98 Å². The summed E-state index contributed by atoms with van der Waals surface area (Å²) >= 11 is 0. The number of hydrogen-bond donors (Lipinski definition) is 2. The normalized spacial score (nSPS) is 17.0. The molecule has 2 amide bonds. The molecule has 26 heavy (non-hydrogen) atoms. The van der Waals surface area contributed by atoms with Crippen molar-refractivity contribution in [1.29, 1.82) is 0 Å². The molecule has 6 heteroatoms. The van der Waals surface area contributed by atoms with Crippen LogP contribution in [0.5, 0.6) is 0 Å². The van der Waals surface area contributed by atoms with E-state index in [0.29, 0.717) is 12.5 Å². The van der Waals surface area contributed by atoms with E-state index in [4.69, 9.17) is 0 Å². The van der Waals surface area contributed by atoms with Crippen LogP contribution in [-0.2, 0) is 16.0 Å². The molecule has 1 unspecified atom stereocenters. The van der Waals surface area contributed by atoms with Crippen LogP contribution in [0.15, 0.2) is 48.5 Å². The molecule has 1 atom stereocenters. The molecule has 0 aliphatic carbocycles. The maximum Gasteiger partial charge on any atom is 0.232 e. The highest BCUT2D eigenvalue weighted by molar-refractivity contribution is 6.03. The predicted octanol–water partition coefficient (Wildman–Crippen LogP) is 3.12. The van der Waals surface area contributed by atoms with Gasteiger partial charge in [0.05, 0.1) is 17.0 Å². The third-order valence-electron chi connectivity index (χ3n) is 4.78. The minimum atomic E-state index is -0.387. The zero-order valence-corrected chi connectivity index (χ0v) is 14.5. The van der Waals surface area contributed by atoms with Gasteiger partial charge in [0.25, 0.3) is 0 Å². The largest absolute Gasteiger partial charge is 0.324 e. The van der Waals surface area contributed by atoms with Crippen LogP contribution in [0.1, 0.15) is 18.9 Å². The van der Waals surface area contributed by atoms with Crippen LogP contribution >= 0.6 is 0 Å². The third-order valence-corrected chi connectivity index (χ3v) is 4.78. The molecule has 4 rings (SSSR count). The molecule has 1 aromatic heterocycles. The summed E-state index contributed by atoms with van der Waals surface area (Å²) in [7, 11) is 0. The summed E-state index contributed by atoms with van der Waals surface area (Å²) in [4.78, 5) is 34.0. The molecule has 2 heterocycles. The molecule has 0 bridgehead atoms. The Labute approximate surface area is 151 Å². The van der Waals surface area contributed by atoms with E-state index in [-0.39, 0.29) is 24.2 Å². The summed E-state index contributed by atoms with van der Waals surface area (Å²) in [6, 6.07) is 15.5. The Bertz CT molecular complexity index is 928. The van der Waals surface area contributed by atoms with E-state index in [1.54, 1.807) is 4.90 Å². The quantitative estimate of drug-likeness (QED) is 0.760. The van der Waals surface area contributed by atoms with Gasteiger partial charge in [0, 0.05) is 18.7 Å². The number of anilines is 2. The van der Waals surface area contributed by atoms with Crippen molar-refractivity contribution in [3.63, 3.8) is 0 Å². The van der Waals surface area contributed by atoms with Gasteiger partial charge >= 0.3 is 0 Å². The number of carbonyl (C=O) groups is 2. The van der Waals surface area contributed by atoms with Crippen LogP contribution in [0.3, 0.4) is 0 Å². The Kier molecular flexibility index (Phi) is 4.16. The maximum absolute atomic E-state index is 12.6. The van der Waals surface area contributed by atoms with Gasteiger partial charge in [-0.15, -0.1) is 0 Å². The van der Waals surface area contributed by atoms with Gasteiger partial charge in [0.2, 0.25) is 17.8 Å². The number of rotatable bonds is 4. The average Bonchev–Trinajstić information content (AvgIpc) is 3.24. The highest BCUT2D eigenvalue weighted by atomic mass is 16.2. The Morgan fingerprint density at radius 3 is 2.73 bits per heavy atom. The summed E-state index contributed by atoms with van der Waals surface area (Å²) in [5.74, 6) is -0.194. The summed E-state index contributed by atoms with van der Waals surface area (Å²) < 4.78 is 0. The lowest BCUT2D eigenvalue weighted by molar-refractivity contribution is -0.122. The Morgan fingerprint density at radius 1 is 1.23 bits per heavy atom. The Morgan fingerprint density at radius 2 is 2.00 bits per heavy atom. The number of aryl methyl sites for hydroxylation is 1. The lowest BCUT2D eigenvalue weighted by Crippen LogP contribution is -2.28. The topological polar surface area (TPSA) is 78.1 Å². The lowest BCUT2D eigenvalue weighted by atomic mass is 10.1. The molecule has 1 aliphatic rings. The van der Waals surface area contributed by atoms with Gasteiger partial charge in [0.15, 0.2) is 0 Å². The van der Waals surface area contributed by atoms with Crippen molar-refractivity contribution < 1.29 is 9.59 Å². The second-order valence-corrected chi connectivity index (χ2v) is 6.52. The van der Waals surface area contributed by atoms with Crippen LogP contribution in [0.2, 0.25) is 0 Å². The molecule has 6 nitrogen and oxygen atoms in total. The standard InChI is InChI=1S/C20H20N4O2/c1-2-13-7-9-15(10-8-13)24-12-14(11-18(24)25)19(26)23-20-21-16-5-3-4-6-17(16)22-20/h3-10,14H,2,11-12H2,1H3,(H2,21,22,23,26). The SMILES string of the molecule is CCc1ccc(N2CC(C(=O)Nc3nc4ccccc4[nH]3)CC2=O)cc1. The molecule has 2 aromatic carbocycles. The van der Waals surface area contributed by atoms with E-state index in [0.717, 1.165) is 23.1 Å². The zero-order chi connectivity index (χ0) is 18.1. The van der Waals surface area contributed by atoms with Crippen LogP contribution in [0.25, 0.3) is 11.0 Å². The van der Waals surface area contributed by atoms with Crippen molar-refractivity contribution in [1.82, 2.24) is 9.97 Å². The van der Waals surface area contributed by atoms with Crippen LogP contribution in [0, 0.1) is 5.92 Å². The fraction of sp³-hybridized carbons (Fsp3) is 0.250. The predicted molar refractivity (Wildman–Crippen MR) is 101 cm³/mol. The number of fused-ring (bicyclic) bond motifs is 1. The number of aromatic amines is 1. The molecular weight excluding hydrogens is 328 g/mol. The van der Waals surface area contributed by atoms with Crippen molar-refractivity contribution >= 4 is 34.5 Å². The first-order valence-corrected chi connectivity index (χ1v) is 8.79. The highest BCUT2D eigenvalue weighted by Crippen LogP contribution is 2.26. The first-order chi connectivity index (χ1) is 12.6. The lowest BCUT2D eigenvalue weighted by Gasteiger charge is -2.17. The Balaban J connectivity index is 1.46. The number of imidazole rings is 1. The molecule has 0 radical (unpaired) electrons. The smallest absolute Gasteiger partial charge is 0.232 e. The number of H-pyrrole nitrogens is 1. The van der Waals surface area contributed by atoms with E-state index < -0.39 is 0 Å². The second-order valence-electron chi connectivity index (χ2n) is 6.52. The minimum absolute atomic E-state index is 0.0287. The molecule has 0 spiro atoms. The molecule has 1 aliphatic heterocycles. The molecule has 1 saturated heterocycles. The zero-order valence-electron chi connectivity index (χ0n) is 14.5. The van der Waals surface area contributed by atoms with E-state index in [1.165, 1.54) is 5.56 Å². The number of aromatic nitrogens is 2. The molecule has 132 valence electrons. The second kappa shape index (κ2) is 6.63. The fourth-order valence-corrected chi connectivity index (χ4v) is 3.28. The van der Waals surface area contributed by atoms with E-state index in [2.05, 4.69) is 22.2 Å². The van der Waals surface area contributed by atoms with Gasteiger partial charge < -0.3 is 9.88 Å². The van der Waals surface area contributed by atoms with Gasteiger partial charge in [0.1, 0.15) is 0 Å². The van der Waals surface area contributed by atoms with E-state index in [1.807, 2.05) is 48.5 Å². The van der Waals surface area contributed by atoms with Crippen molar-refractivity contribution in [3.05, 3.63) is 54.1 Å². The summed E-state index contributed by atoms with van der Waals surface area (Å²) in [6.07, 6.45) is 1.17. The monoisotopic (exact) mass is 348 g/mol. The summed E-state index contributed by atoms with van der Waals surface area (Å²) in [6.45, 7) is 2.48. The minimum Gasteiger partial charge on any atom is -0.324 e. The van der Waals surface area contributed by atoms with E-state index >= 15 is 0 Å². The Hall–Kier alpha value is -3.15. The average molecular weight is 348 g/mol. The van der Waals surface area contributed by atoms with Crippen LogP contribution < -0.4 is 10.2 Å². The highest BCUT2D eigenvalue weighted by Gasteiger charge is 2.35. The molecule has 2 N–H and O–H groups in total. The third kappa shape index (κ3) is 3.06. The fourth-order valence-electron chi connectivity index (χ4n) is 3.28. The maximum atomic E-state index is 12.6. The van der Waals surface area contributed by atoms with Crippen molar-refractivity contribution in [2.24, 2.45) is 5.92 Å². The van der Waals surface area contributed by atoms with Gasteiger partial charge in [-0.3, -0.25) is 14.9 Å². The first kappa shape index (κ1) is 16.3. The number of nitrogens with one attached hydrogen (secondary N) is 2. The van der Waals surface area contributed by atoms with E-state index in [9.17, 15) is 9.59 Å². The van der Waals surface area contributed by atoms with Gasteiger partial charge in [-0.05, 0) is 36.2 Å². The van der Waals surface area contributed by atoms with Crippen molar-refractivity contribution in [2.75, 3.05) is 16.8 Å². The number of nitrogens with zero attached hydrogens (tertiary/aromatic N) is 2. The van der Waals surface area contributed by atoms with Gasteiger partial charge in [-0.1, -0.05) is 31.2 Å². The van der Waals surface area contributed by atoms with Crippen LogP contribution in [-0.4, -0.2) is 28.3 Å². The summed E-state index contributed by atoms with van der Waals surface area (Å²) in [5.41, 5.74) is 3.72.